The predicted molar refractivity (Wildman–Crippen MR) is 52.5 cm³/mol. The Kier molecular flexibility index (Phi) is 2.42. The molecule has 0 saturated carbocycles. The van der Waals surface area contributed by atoms with E-state index in [1.165, 1.54) is 23.9 Å². The van der Waals surface area contributed by atoms with E-state index in [9.17, 15) is 10.1 Å². The molecule has 15 heavy (non-hydrogen) atoms. The van der Waals surface area contributed by atoms with Crippen molar-refractivity contribution in [2.24, 2.45) is 0 Å². The summed E-state index contributed by atoms with van der Waals surface area (Å²) < 4.78 is 4.95. The lowest BCUT2D eigenvalue weighted by Gasteiger charge is -1.85. The number of nitrogens with one attached hydrogen (secondary N) is 1. The van der Waals surface area contributed by atoms with Crippen molar-refractivity contribution < 1.29 is 9.34 Å². The second-order valence-corrected chi connectivity index (χ2v) is 3.34. The van der Waals surface area contributed by atoms with E-state index < -0.39 is 4.92 Å². The molecule has 8 heteroatoms. The van der Waals surface area contributed by atoms with E-state index in [4.69, 9.17) is 4.42 Å². The molecule has 0 radical (unpaired) electrons. The van der Waals surface area contributed by atoms with Crippen molar-refractivity contribution in [2.45, 2.75) is 5.16 Å². The molecule has 2 heterocycles. The van der Waals surface area contributed by atoms with Crippen LogP contribution in [0.3, 0.4) is 0 Å². The Bertz CT molecular complexity index is 492. The minimum Gasteiger partial charge on any atom is -0.397 e. The predicted octanol–water partition coefficient (Wildman–Crippen LogP) is 1.69. The van der Waals surface area contributed by atoms with Crippen LogP contribution < -0.4 is 0 Å². The molecule has 2 aromatic heterocycles. The lowest BCUT2D eigenvalue weighted by atomic mass is 10.4. The molecule has 0 aromatic carbocycles. The zero-order valence-electron chi connectivity index (χ0n) is 7.63. The summed E-state index contributed by atoms with van der Waals surface area (Å²) in [6, 6.07) is 2.75. The van der Waals surface area contributed by atoms with Gasteiger partial charge in [0.1, 0.15) is 4.92 Å². The number of rotatable bonds is 3. The minimum absolute atomic E-state index is 0.300. The quantitative estimate of drug-likeness (QED) is 0.486. The van der Waals surface area contributed by atoms with Gasteiger partial charge in [-0.2, -0.15) is 4.98 Å². The van der Waals surface area contributed by atoms with Gasteiger partial charge in [-0.05, 0) is 12.3 Å². The number of furan rings is 1. The Morgan fingerprint density at radius 1 is 1.60 bits per heavy atom. The Hall–Kier alpha value is -1.83. The number of nitro groups is 1. The summed E-state index contributed by atoms with van der Waals surface area (Å²) in [5, 5.41) is 17.4. The Balaban J connectivity index is 2.32. The van der Waals surface area contributed by atoms with Crippen LogP contribution in [0.5, 0.6) is 0 Å². The first-order valence-corrected chi connectivity index (χ1v) is 5.14. The molecule has 2 aromatic rings. The van der Waals surface area contributed by atoms with E-state index >= 15 is 0 Å². The molecule has 78 valence electrons. The van der Waals surface area contributed by atoms with Crippen molar-refractivity contribution >= 4 is 17.6 Å². The van der Waals surface area contributed by atoms with Crippen molar-refractivity contribution in [1.29, 1.82) is 0 Å². The van der Waals surface area contributed by atoms with Gasteiger partial charge in [-0.1, -0.05) is 11.8 Å². The number of thioether (sulfide) groups is 1. The maximum absolute atomic E-state index is 10.4. The molecule has 0 aliphatic rings. The van der Waals surface area contributed by atoms with Gasteiger partial charge in [0.15, 0.2) is 11.6 Å². The highest BCUT2D eigenvalue weighted by Crippen LogP contribution is 2.24. The zero-order valence-corrected chi connectivity index (χ0v) is 8.45. The number of hydrogen-bond donors (Lipinski definition) is 1. The Morgan fingerprint density at radius 2 is 2.40 bits per heavy atom. The average Bonchev–Trinajstić information content (AvgIpc) is 2.86. The van der Waals surface area contributed by atoms with E-state index in [1.54, 1.807) is 0 Å². The fourth-order valence-corrected chi connectivity index (χ4v) is 1.32. The maximum atomic E-state index is 10.4. The molecule has 0 bridgehead atoms. The summed E-state index contributed by atoms with van der Waals surface area (Å²) in [7, 11) is 0. The molecule has 0 unspecified atom stereocenters. The molecule has 0 aliphatic heterocycles. The summed E-state index contributed by atoms with van der Waals surface area (Å²) >= 11 is 1.37. The van der Waals surface area contributed by atoms with Gasteiger partial charge in [-0.25, -0.2) is 0 Å². The lowest BCUT2D eigenvalue weighted by Crippen LogP contribution is -1.83. The lowest BCUT2D eigenvalue weighted by molar-refractivity contribution is -0.401. The topological polar surface area (TPSA) is 97.8 Å². The Labute approximate surface area is 88.0 Å². The van der Waals surface area contributed by atoms with Crippen molar-refractivity contribution in [3.63, 3.8) is 0 Å². The summed E-state index contributed by atoms with van der Waals surface area (Å²) in [4.78, 5) is 13.8. The van der Waals surface area contributed by atoms with Gasteiger partial charge < -0.3 is 4.42 Å². The first-order valence-electron chi connectivity index (χ1n) is 3.91. The van der Waals surface area contributed by atoms with Crippen LogP contribution in [-0.4, -0.2) is 26.4 Å². The first kappa shape index (κ1) is 9.71. The maximum Gasteiger partial charge on any atom is 0.433 e. The van der Waals surface area contributed by atoms with Crippen LogP contribution in [-0.2, 0) is 0 Å². The highest BCUT2D eigenvalue weighted by Gasteiger charge is 2.15. The van der Waals surface area contributed by atoms with Crippen molar-refractivity contribution in [3.05, 3.63) is 22.2 Å². The van der Waals surface area contributed by atoms with E-state index in [0.717, 1.165) is 0 Å². The Morgan fingerprint density at radius 3 is 2.93 bits per heavy atom. The summed E-state index contributed by atoms with van der Waals surface area (Å²) in [6.07, 6.45) is 1.83. The van der Waals surface area contributed by atoms with Crippen molar-refractivity contribution in [2.75, 3.05) is 6.26 Å². The van der Waals surface area contributed by atoms with Crippen molar-refractivity contribution in [3.8, 4) is 11.6 Å². The van der Waals surface area contributed by atoms with Gasteiger partial charge in [0.25, 0.3) is 0 Å². The standard InChI is InChI=1S/C7H6N4O3S/c1-15-7-8-6(9-10-7)4-2-3-5(14-4)11(12)13/h2-3H,1H3,(H,8,9,10). The molecule has 0 saturated heterocycles. The third kappa shape index (κ3) is 1.84. The fraction of sp³-hybridized carbons (Fsp3) is 0.143. The van der Waals surface area contributed by atoms with Crippen molar-refractivity contribution in [1.82, 2.24) is 15.2 Å². The molecule has 0 atom stereocenters. The minimum atomic E-state index is -0.602. The van der Waals surface area contributed by atoms with Crippen LogP contribution in [0.2, 0.25) is 0 Å². The monoisotopic (exact) mass is 226 g/mol. The number of hydrogen-bond acceptors (Lipinski definition) is 6. The summed E-state index contributed by atoms with van der Waals surface area (Å²) in [6.45, 7) is 0. The SMILES string of the molecule is CSc1n[nH]c(-c2ccc([N+](=O)[O-])o2)n1. The van der Waals surface area contributed by atoms with E-state index in [2.05, 4.69) is 15.2 Å². The molecular formula is C7H6N4O3S. The molecule has 7 nitrogen and oxygen atoms in total. The summed E-state index contributed by atoms with van der Waals surface area (Å²) in [5.41, 5.74) is 0. The number of H-pyrrole nitrogens is 1. The van der Waals surface area contributed by atoms with Crippen LogP contribution in [0.15, 0.2) is 21.7 Å². The second kappa shape index (κ2) is 3.73. The van der Waals surface area contributed by atoms with Crippen LogP contribution >= 0.6 is 11.8 Å². The van der Waals surface area contributed by atoms with Gasteiger partial charge in [-0.15, -0.1) is 5.10 Å². The fourth-order valence-electron chi connectivity index (χ4n) is 1.00. The van der Waals surface area contributed by atoms with Crippen LogP contribution in [0.4, 0.5) is 5.88 Å². The van der Waals surface area contributed by atoms with E-state index in [0.29, 0.717) is 16.7 Å². The molecule has 0 amide bonds. The largest absolute Gasteiger partial charge is 0.433 e. The summed E-state index contributed by atoms with van der Waals surface area (Å²) in [5.74, 6) is 0.369. The first-order chi connectivity index (χ1) is 7.20. The van der Waals surface area contributed by atoms with Gasteiger partial charge in [0.2, 0.25) is 5.16 Å². The van der Waals surface area contributed by atoms with E-state index in [-0.39, 0.29) is 5.88 Å². The van der Waals surface area contributed by atoms with E-state index in [1.807, 2.05) is 6.26 Å². The molecule has 0 fully saturated rings. The number of aromatic amines is 1. The van der Waals surface area contributed by atoms with Gasteiger partial charge in [-0.3, -0.25) is 15.2 Å². The second-order valence-electron chi connectivity index (χ2n) is 2.57. The third-order valence-electron chi connectivity index (χ3n) is 1.65. The van der Waals surface area contributed by atoms with Gasteiger partial charge in [0.05, 0.1) is 6.07 Å². The van der Waals surface area contributed by atoms with Gasteiger partial charge >= 0.3 is 5.88 Å². The number of aromatic nitrogens is 3. The molecule has 2 rings (SSSR count). The highest BCUT2D eigenvalue weighted by molar-refractivity contribution is 7.98. The van der Waals surface area contributed by atoms with Crippen LogP contribution in [0.25, 0.3) is 11.6 Å². The zero-order chi connectivity index (χ0) is 10.8. The molecule has 0 aliphatic carbocycles. The third-order valence-corrected chi connectivity index (χ3v) is 2.20. The van der Waals surface area contributed by atoms with Crippen LogP contribution in [0, 0.1) is 10.1 Å². The molecular weight excluding hydrogens is 220 g/mol. The number of nitrogens with zero attached hydrogens (tertiary/aromatic N) is 3. The average molecular weight is 226 g/mol. The molecule has 0 spiro atoms. The van der Waals surface area contributed by atoms with Crippen LogP contribution in [0.1, 0.15) is 0 Å². The normalized spacial score (nSPS) is 10.5. The molecule has 1 N–H and O–H groups in total. The highest BCUT2D eigenvalue weighted by atomic mass is 32.2. The van der Waals surface area contributed by atoms with Gasteiger partial charge in [0, 0.05) is 0 Å². The smallest absolute Gasteiger partial charge is 0.397 e.